The molecule has 0 spiro atoms. The van der Waals surface area contributed by atoms with E-state index in [1.165, 1.54) is 16.7 Å². The van der Waals surface area contributed by atoms with Gasteiger partial charge in [-0.1, -0.05) is 11.6 Å². The quantitative estimate of drug-likeness (QED) is 0.719. The van der Waals surface area contributed by atoms with Crippen molar-refractivity contribution in [2.24, 2.45) is 0 Å². The Hall–Kier alpha value is -2.29. The van der Waals surface area contributed by atoms with Crippen LogP contribution < -0.4 is 5.56 Å². The largest absolute Gasteiger partial charge is 0.382 e. The predicted molar refractivity (Wildman–Crippen MR) is 86.6 cm³/mol. The number of aromatic nitrogens is 5. The Kier molecular flexibility index (Phi) is 3.60. The zero-order chi connectivity index (χ0) is 16.7. The molecule has 1 unspecified atom stereocenters. The summed E-state index contributed by atoms with van der Waals surface area (Å²) in [6.07, 6.45) is 3.64. The van der Waals surface area contributed by atoms with E-state index in [4.69, 9.17) is 11.6 Å². The number of rotatable bonds is 3. The minimum atomic E-state index is -1.02. The number of nitrogens with one attached hydrogen (secondary N) is 1. The fraction of sp³-hybridized carbons (Fsp3) is 0.333. The Morgan fingerprint density at radius 3 is 3.08 bits per heavy atom. The number of pyridine rings is 1. The molecule has 0 aliphatic carbocycles. The normalized spacial score (nSPS) is 21.6. The number of fused-ring (bicyclic) bond motifs is 1. The van der Waals surface area contributed by atoms with Crippen LogP contribution >= 0.6 is 11.6 Å². The van der Waals surface area contributed by atoms with Crippen molar-refractivity contribution in [3.8, 4) is 0 Å². The third-order valence-electron chi connectivity index (χ3n) is 4.28. The molecule has 2 N–H and O–H groups in total. The molecule has 8 nitrogen and oxygen atoms in total. The highest BCUT2D eigenvalue weighted by atomic mass is 35.5. The SMILES string of the molecule is O=c1cc(CN2CCC(O)(c3cn[nH]n3)C2)nc2ccc(Cl)cn12. The number of nitrogens with zero attached hydrogens (tertiary/aromatic N) is 5. The van der Waals surface area contributed by atoms with Crippen LogP contribution in [0.1, 0.15) is 17.8 Å². The molecule has 0 aromatic carbocycles. The lowest BCUT2D eigenvalue weighted by molar-refractivity contribution is 0.0407. The van der Waals surface area contributed by atoms with Crippen LogP contribution in [0.25, 0.3) is 5.65 Å². The van der Waals surface area contributed by atoms with Crippen LogP contribution in [-0.2, 0) is 12.1 Å². The van der Waals surface area contributed by atoms with Crippen molar-refractivity contribution in [3.05, 3.63) is 57.4 Å². The highest BCUT2D eigenvalue weighted by Gasteiger charge is 2.39. The number of β-amino-alcohol motifs (C(OH)–C–C–N with tert-alkyl or cyclic N) is 1. The molecule has 3 aromatic heterocycles. The van der Waals surface area contributed by atoms with Gasteiger partial charge in [-0.3, -0.25) is 14.1 Å². The van der Waals surface area contributed by atoms with Crippen molar-refractivity contribution in [2.45, 2.75) is 18.6 Å². The Labute approximate surface area is 141 Å². The van der Waals surface area contributed by atoms with Gasteiger partial charge < -0.3 is 5.11 Å². The highest BCUT2D eigenvalue weighted by Crippen LogP contribution is 2.30. The van der Waals surface area contributed by atoms with Gasteiger partial charge in [0.05, 0.1) is 16.9 Å². The number of aromatic amines is 1. The summed E-state index contributed by atoms with van der Waals surface area (Å²) < 4.78 is 1.42. The molecule has 1 atom stereocenters. The molecule has 0 bridgehead atoms. The monoisotopic (exact) mass is 346 g/mol. The number of aliphatic hydroxyl groups is 1. The van der Waals surface area contributed by atoms with Crippen LogP contribution in [0.15, 0.2) is 35.4 Å². The number of likely N-dealkylation sites (tertiary alicyclic amines) is 1. The lowest BCUT2D eigenvalue weighted by Gasteiger charge is -2.20. The minimum Gasteiger partial charge on any atom is -0.382 e. The molecule has 24 heavy (non-hydrogen) atoms. The van der Waals surface area contributed by atoms with Gasteiger partial charge in [-0.15, -0.1) is 0 Å². The van der Waals surface area contributed by atoms with E-state index in [0.29, 0.717) is 48.1 Å². The van der Waals surface area contributed by atoms with Gasteiger partial charge in [0.2, 0.25) is 0 Å². The Balaban J connectivity index is 1.57. The maximum Gasteiger partial charge on any atom is 0.258 e. The lowest BCUT2D eigenvalue weighted by atomic mass is 10.0. The molecule has 124 valence electrons. The van der Waals surface area contributed by atoms with Crippen LogP contribution in [0.2, 0.25) is 5.02 Å². The summed E-state index contributed by atoms with van der Waals surface area (Å²) in [5, 5.41) is 21.4. The second-order valence-corrected chi connectivity index (χ2v) is 6.45. The molecule has 3 aromatic rings. The van der Waals surface area contributed by atoms with E-state index in [2.05, 4.69) is 20.4 Å². The van der Waals surface area contributed by atoms with Crippen molar-refractivity contribution < 1.29 is 5.11 Å². The topological polar surface area (TPSA) is 99.4 Å². The van der Waals surface area contributed by atoms with Crippen LogP contribution in [0, 0.1) is 0 Å². The summed E-state index contributed by atoms with van der Waals surface area (Å²) in [4.78, 5) is 18.8. The van der Waals surface area contributed by atoms with E-state index in [-0.39, 0.29) is 5.56 Å². The maximum absolute atomic E-state index is 12.2. The van der Waals surface area contributed by atoms with Crippen molar-refractivity contribution in [3.63, 3.8) is 0 Å². The number of halogens is 1. The van der Waals surface area contributed by atoms with Gasteiger partial charge in [-0.25, -0.2) is 4.98 Å². The van der Waals surface area contributed by atoms with Gasteiger partial charge >= 0.3 is 0 Å². The van der Waals surface area contributed by atoms with E-state index in [9.17, 15) is 9.90 Å². The molecule has 1 saturated heterocycles. The fourth-order valence-corrected chi connectivity index (χ4v) is 3.24. The van der Waals surface area contributed by atoms with Crippen LogP contribution in [0.4, 0.5) is 0 Å². The van der Waals surface area contributed by atoms with E-state index in [0.717, 1.165) is 0 Å². The molecule has 0 saturated carbocycles. The minimum absolute atomic E-state index is 0.177. The summed E-state index contributed by atoms with van der Waals surface area (Å²) in [5.74, 6) is 0. The Bertz CT molecular complexity index is 941. The summed E-state index contributed by atoms with van der Waals surface area (Å²) >= 11 is 5.91. The zero-order valence-corrected chi connectivity index (χ0v) is 13.4. The van der Waals surface area contributed by atoms with Crippen molar-refractivity contribution in [1.82, 2.24) is 29.7 Å². The Morgan fingerprint density at radius 1 is 1.42 bits per heavy atom. The second-order valence-electron chi connectivity index (χ2n) is 6.01. The van der Waals surface area contributed by atoms with E-state index in [1.807, 2.05) is 4.90 Å². The molecular formula is C15H15ClN6O2. The predicted octanol–water partition coefficient (Wildman–Crippen LogP) is 0.559. The summed E-state index contributed by atoms with van der Waals surface area (Å²) in [7, 11) is 0. The fourth-order valence-electron chi connectivity index (χ4n) is 3.08. The van der Waals surface area contributed by atoms with Gasteiger partial charge in [0.25, 0.3) is 5.56 Å². The van der Waals surface area contributed by atoms with Crippen molar-refractivity contribution >= 4 is 17.2 Å². The summed E-state index contributed by atoms with van der Waals surface area (Å²) in [6, 6.07) is 4.91. The first-order valence-corrected chi connectivity index (χ1v) is 7.90. The molecule has 9 heteroatoms. The van der Waals surface area contributed by atoms with E-state index < -0.39 is 5.60 Å². The van der Waals surface area contributed by atoms with Gasteiger partial charge in [0.15, 0.2) is 0 Å². The second kappa shape index (κ2) is 5.66. The smallest absolute Gasteiger partial charge is 0.258 e. The molecule has 1 aliphatic rings. The highest BCUT2D eigenvalue weighted by molar-refractivity contribution is 6.30. The van der Waals surface area contributed by atoms with Gasteiger partial charge in [0, 0.05) is 31.9 Å². The first-order chi connectivity index (χ1) is 11.5. The lowest BCUT2D eigenvalue weighted by Crippen LogP contribution is -2.31. The average Bonchev–Trinajstić information content (AvgIpc) is 3.19. The molecule has 0 radical (unpaired) electrons. The summed E-state index contributed by atoms with van der Waals surface area (Å²) in [6.45, 7) is 1.58. The Morgan fingerprint density at radius 2 is 2.29 bits per heavy atom. The van der Waals surface area contributed by atoms with E-state index >= 15 is 0 Å². The van der Waals surface area contributed by atoms with Crippen LogP contribution in [0.3, 0.4) is 0 Å². The third-order valence-corrected chi connectivity index (χ3v) is 4.50. The molecule has 1 fully saturated rings. The number of hydrogen-bond acceptors (Lipinski definition) is 6. The molecule has 4 rings (SSSR count). The van der Waals surface area contributed by atoms with Crippen molar-refractivity contribution in [1.29, 1.82) is 0 Å². The van der Waals surface area contributed by atoms with Crippen LogP contribution in [-0.4, -0.2) is 47.9 Å². The maximum atomic E-state index is 12.2. The van der Waals surface area contributed by atoms with Crippen molar-refractivity contribution in [2.75, 3.05) is 13.1 Å². The number of H-pyrrole nitrogens is 1. The van der Waals surface area contributed by atoms with Crippen LogP contribution in [0.5, 0.6) is 0 Å². The third kappa shape index (κ3) is 2.68. The molecule has 0 amide bonds. The average molecular weight is 347 g/mol. The molecular weight excluding hydrogens is 332 g/mol. The standard InChI is InChI=1S/C15H15ClN6O2/c16-10-1-2-13-18-11(5-14(23)22(13)7-10)8-21-4-3-15(24,9-21)12-6-17-20-19-12/h1-2,5-7,24H,3-4,8-9H2,(H,17,19,20). The van der Waals surface area contributed by atoms with Gasteiger partial charge in [0.1, 0.15) is 16.9 Å². The zero-order valence-electron chi connectivity index (χ0n) is 12.7. The summed E-state index contributed by atoms with van der Waals surface area (Å²) in [5.41, 5.74) is 0.543. The first-order valence-electron chi connectivity index (χ1n) is 7.52. The van der Waals surface area contributed by atoms with Gasteiger partial charge in [-0.05, 0) is 18.6 Å². The molecule has 1 aliphatic heterocycles. The number of hydrogen-bond donors (Lipinski definition) is 2. The van der Waals surface area contributed by atoms with E-state index in [1.54, 1.807) is 18.3 Å². The van der Waals surface area contributed by atoms with Gasteiger partial charge in [-0.2, -0.15) is 15.4 Å². The molecule has 4 heterocycles. The first kappa shape index (κ1) is 15.3.